The van der Waals surface area contributed by atoms with Crippen LogP contribution in [-0.4, -0.2) is 30.2 Å². The van der Waals surface area contributed by atoms with Crippen LogP contribution in [0.5, 0.6) is 0 Å². The molecule has 1 saturated heterocycles. The van der Waals surface area contributed by atoms with E-state index in [0.29, 0.717) is 4.88 Å². The first-order valence-electron chi connectivity index (χ1n) is 11.0. The van der Waals surface area contributed by atoms with E-state index in [1.54, 1.807) is 11.8 Å². The van der Waals surface area contributed by atoms with Gasteiger partial charge in [-0.1, -0.05) is 36.8 Å². The van der Waals surface area contributed by atoms with Crippen molar-refractivity contribution < 1.29 is 9.21 Å². The van der Waals surface area contributed by atoms with E-state index in [1.807, 2.05) is 41.8 Å². The third-order valence-corrected chi connectivity index (χ3v) is 7.65. The van der Waals surface area contributed by atoms with Gasteiger partial charge >= 0.3 is 0 Å². The van der Waals surface area contributed by atoms with Crippen molar-refractivity contribution in [3.05, 3.63) is 82.2 Å². The van der Waals surface area contributed by atoms with E-state index in [9.17, 15) is 4.79 Å². The lowest BCUT2D eigenvalue weighted by Gasteiger charge is -2.34. The van der Waals surface area contributed by atoms with Gasteiger partial charge in [-0.25, -0.2) is 0 Å². The van der Waals surface area contributed by atoms with Gasteiger partial charge in [0.15, 0.2) is 0 Å². The molecule has 164 valence electrons. The van der Waals surface area contributed by atoms with Gasteiger partial charge in [0.25, 0.3) is 5.91 Å². The Bertz CT molecular complexity index is 1190. The van der Waals surface area contributed by atoms with Crippen LogP contribution < -0.4 is 5.32 Å². The van der Waals surface area contributed by atoms with Crippen molar-refractivity contribution in [2.75, 3.05) is 24.7 Å². The van der Waals surface area contributed by atoms with Crippen LogP contribution in [0.2, 0.25) is 0 Å². The summed E-state index contributed by atoms with van der Waals surface area (Å²) in [7, 11) is 0. The average Bonchev–Trinajstić information content (AvgIpc) is 3.50. The van der Waals surface area contributed by atoms with Gasteiger partial charge in [0.2, 0.25) is 0 Å². The molecule has 6 heteroatoms. The number of carbonyl (C=O) groups is 1. The van der Waals surface area contributed by atoms with Gasteiger partial charge in [-0.2, -0.15) is 0 Å². The number of carbonyl (C=O) groups excluding carboxylic acids is 1. The smallest absolute Gasteiger partial charge is 0.265 e. The maximum atomic E-state index is 13.0. The molecule has 4 aromatic rings. The number of thiophene rings is 1. The maximum absolute atomic E-state index is 13.0. The number of benzene rings is 2. The van der Waals surface area contributed by atoms with E-state index in [2.05, 4.69) is 40.7 Å². The molecule has 0 saturated carbocycles. The van der Waals surface area contributed by atoms with Crippen molar-refractivity contribution in [2.24, 2.45) is 0 Å². The summed E-state index contributed by atoms with van der Waals surface area (Å²) >= 11 is 3.19. The normalized spacial score (nSPS) is 15.7. The van der Waals surface area contributed by atoms with E-state index < -0.39 is 0 Å². The topological polar surface area (TPSA) is 45.5 Å². The van der Waals surface area contributed by atoms with Crippen molar-refractivity contribution >= 4 is 45.7 Å². The van der Waals surface area contributed by atoms with Gasteiger partial charge in [0.1, 0.15) is 11.3 Å². The van der Waals surface area contributed by atoms with Gasteiger partial charge in [-0.3, -0.25) is 9.69 Å². The summed E-state index contributed by atoms with van der Waals surface area (Å²) in [4.78, 5) is 17.5. The number of likely N-dealkylation sites (tertiary alicyclic amines) is 1. The zero-order valence-electron chi connectivity index (χ0n) is 18.0. The summed E-state index contributed by atoms with van der Waals surface area (Å²) in [5.41, 5.74) is 2.77. The molecular weight excluding hydrogens is 436 g/mol. The van der Waals surface area contributed by atoms with Crippen molar-refractivity contribution in [3.63, 3.8) is 0 Å². The standard InChI is InChI=1S/C26H26N2O2S2/c1-31-19-13-11-18(12-14-19)24(28-15-5-2-6-16-28)25-23(20-8-3-4-9-21(20)30-25)27-26(29)22-10-7-17-32-22/h3-4,7-14,17,24H,2,5-6,15-16H2,1H3,(H,27,29). The first kappa shape index (κ1) is 21.3. The third kappa shape index (κ3) is 4.22. The highest BCUT2D eigenvalue weighted by molar-refractivity contribution is 7.98. The molecule has 1 fully saturated rings. The second kappa shape index (κ2) is 9.53. The molecule has 1 amide bonds. The number of fused-ring (bicyclic) bond motifs is 1. The van der Waals surface area contributed by atoms with E-state index in [0.717, 1.165) is 35.5 Å². The van der Waals surface area contributed by atoms with E-state index >= 15 is 0 Å². The third-order valence-electron chi connectivity index (χ3n) is 6.04. The second-order valence-corrected chi connectivity index (χ2v) is 9.87. The van der Waals surface area contributed by atoms with Crippen LogP contribution in [0.4, 0.5) is 5.69 Å². The predicted molar refractivity (Wildman–Crippen MR) is 134 cm³/mol. The van der Waals surface area contributed by atoms with Crippen LogP contribution in [0.25, 0.3) is 11.0 Å². The fourth-order valence-corrected chi connectivity index (χ4v) is 5.49. The largest absolute Gasteiger partial charge is 0.457 e. The van der Waals surface area contributed by atoms with Gasteiger partial charge in [0, 0.05) is 10.3 Å². The average molecular weight is 463 g/mol. The quantitative estimate of drug-likeness (QED) is 0.312. The number of hydrogen-bond donors (Lipinski definition) is 1. The molecule has 1 unspecified atom stereocenters. The number of amides is 1. The van der Waals surface area contributed by atoms with E-state index in [1.165, 1.54) is 41.1 Å². The zero-order valence-corrected chi connectivity index (χ0v) is 19.7. The van der Waals surface area contributed by atoms with Crippen LogP contribution in [0.1, 0.15) is 46.3 Å². The number of piperidine rings is 1. The first-order chi connectivity index (χ1) is 15.7. The summed E-state index contributed by atoms with van der Waals surface area (Å²) in [6.07, 6.45) is 5.71. The number of thioether (sulfide) groups is 1. The molecule has 2 aromatic heterocycles. The van der Waals surface area contributed by atoms with Crippen LogP contribution in [0.15, 0.2) is 75.4 Å². The van der Waals surface area contributed by atoms with Crippen molar-refractivity contribution in [1.29, 1.82) is 0 Å². The van der Waals surface area contributed by atoms with Gasteiger partial charge in [-0.05, 0) is 73.5 Å². The Hall–Kier alpha value is -2.54. The molecule has 2 aromatic carbocycles. The fraction of sp³-hybridized carbons (Fsp3) is 0.269. The highest BCUT2D eigenvalue weighted by Crippen LogP contribution is 2.41. The van der Waals surface area contributed by atoms with Crippen LogP contribution in [0, 0.1) is 0 Å². The highest BCUT2D eigenvalue weighted by Gasteiger charge is 2.31. The molecule has 5 rings (SSSR count). The molecule has 1 atom stereocenters. The number of furan rings is 1. The first-order valence-corrected chi connectivity index (χ1v) is 13.1. The molecule has 0 spiro atoms. The zero-order chi connectivity index (χ0) is 21.9. The van der Waals surface area contributed by atoms with Gasteiger partial charge in [0.05, 0.1) is 16.6 Å². The minimum absolute atomic E-state index is 0.0442. The number of nitrogens with zero attached hydrogens (tertiary/aromatic N) is 1. The molecule has 1 N–H and O–H groups in total. The lowest BCUT2D eigenvalue weighted by molar-refractivity contribution is 0.102. The summed E-state index contributed by atoms with van der Waals surface area (Å²) in [5, 5.41) is 6.06. The Morgan fingerprint density at radius 2 is 1.81 bits per heavy atom. The van der Waals surface area contributed by atoms with Crippen molar-refractivity contribution in [3.8, 4) is 0 Å². The number of para-hydroxylation sites is 1. The molecule has 0 bridgehead atoms. The van der Waals surface area contributed by atoms with Crippen LogP contribution in [0.3, 0.4) is 0 Å². The predicted octanol–water partition coefficient (Wildman–Crippen LogP) is 7.04. The van der Waals surface area contributed by atoms with Crippen LogP contribution >= 0.6 is 23.1 Å². The molecule has 3 heterocycles. The summed E-state index contributed by atoms with van der Waals surface area (Å²) < 4.78 is 6.49. The van der Waals surface area contributed by atoms with Gasteiger partial charge in [-0.15, -0.1) is 23.1 Å². The molecule has 0 aliphatic carbocycles. The number of anilines is 1. The highest BCUT2D eigenvalue weighted by atomic mass is 32.2. The summed E-state index contributed by atoms with van der Waals surface area (Å²) in [6, 6.07) is 20.4. The summed E-state index contributed by atoms with van der Waals surface area (Å²) in [6.45, 7) is 2.04. The number of rotatable bonds is 6. The lowest BCUT2D eigenvalue weighted by Crippen LogP contribution is -2.34. The molecule has 4 nitrogen and oxygen atoms in total. The Morgan fingerprint density at radius 1 is 1.03 bits per heavy atom. The van der Waals surface area contributed by atoms with Gasteiger partial charge < -0.3 is 9.73 Å². The maximum Gasteiger partial charge on any atom is 0.265 e. The Labute approximate surface area is 196 Å². The lowest BCUT2D eigenvalue weighted by atomic mass is 9.98. The van der Waals surface area contributed by atoms with Crippen LogP contribution in [-0.2, 0) is 0 Å². The minimum Gasteiger partial charge on any atom is -0.457 e. The van der Waals surface area contributed by atoms with E-state index in [4.69, 9.17) is 4.42 Å². The summed E-state index contributed by atoms with van der Waals surface area (Å²) in [5.74, 6) is 0.720. The number of hydrogen-bond acceptors (Lipinski definition) is 5. The molecule has 0 radical (unpaired) electrons. The van der Waals surface area contributed by atoms with Crippen molar-refractivity contribution in [1.82, 2.24) is 4.90 Å². The SMILES string of the molecule is CSc1ccc(C(c2oc3ccccc3c2NC(=O)c2cccs2)N2CCCCC2)cc1. The molecule has 32 heavy (non-hydrogen) atoms. The second-order valence-electron chi connectivity index (χ2n) is 8.04. The monoisotopic (exact) mass is 462 g/mol. The molecule has 1 aliphatic heterocycles. The van der Waals surface area contributed by atoms with Crippen molar-refractivity contribution in [2.45, 2.75) is 30.2 Å². The molecular formula is C26H26N2O2S2. The number of nitrogens with one attached hydrogen (secondary N) is 1. The molecule has 1 aliphatic rings. The Morgan fingerprint density at radius 3 is 2.53 bits per heavy atom. The fourth-order valence-electron chi connectivity index (χ4n) is 4.46. The minimum atomic E-state index is -0.0945. The Kier molecular flexibility index (Phi) is 6.35. The van der Waals surface area contributed by atoms with E-state index in [-0.39, 0.29) is 11.9 Å². The Balaban J connectivity index is 1.63.